The van der Waals surface area contributed by atoms with E-state index in [1.54, 1.807) is 17.8 Å². The van der Waals surface area contributed by atoms with E-state index >= 15 is 0 Å². The van der Waals surface area contributed by atoms with E-state index < -0.39 is 5.82 Å². The summed E-state index contributed by atoms with van der Waals surface area (Å²) in [6.45, 7) is 0. The Morgan fingerprint density at radius 3 is 2.94 bits per heavy atom. The van der Waals surface area contributed by atoms with Gasteiger partial charge in [0.1, 0.15) is 12.1 Å². The summed E-state index contributed by atoms with van der Waals surface area (Å²) in [4.78, 5) is 15.4. The normalized spacial score (nSPS) is 10.4. The molecule has 1 heterocycles. The molecule has 0 aliphatic heterocycles. The van der Waals surface area contributed by atoms with Crippen molar-refractivity contribution in [2.24, 2.45) is 7.05 Å². The Morgan fingerprint density at radius 2 is 2.31 bits per heavy atom. The summed E-state index contributed by atoms with van der Waals surface area (Å²) in [6.07, 6.45) is 2.05. The summed E-state index contributed by atoms with van der Waals surface area (Å²) < 4.78 is 14.5. The quantitative estimate of drug-likeness (QED) is 0.765. The van der Waals surface area contributed by atoms with Gasteiger partial charge in [0.25, 0.3) is 0 Å². The smallest absolute Gasteiger partial charge is 0.190 e. The van der Waals surface area contributed by atoms with E-state index in [1.165, 1.54) is 30.2 Å². The minimum absolute atomic E-state index is 0.313. The Morgan fingerprint density at radius 1 is 1.50 bits per heavy atom. The van der Waals surface area contributed by atoms with Crippen LogP contribution in [0.2, 0.25) is 0 Å². The zero-order chi connectivity index (χ0) is 11.5. The summed E-state index contributed by atoms with van der Waals surface area (Å²) in [5.74, 6) is -0.426. The van der Waals surface area contributed by atoms with Crippen LogP contribution in [-0.2, 0) is 7.05 Å². The number of halogens is 1. The Balaban J connectivity index is 2.34. The molecule has 0 N–H and O–H groups in total. The molecule has 6 heteroatoms. The fraction of sp³-hybridized carbons (Fsp3) is 0.100. The number of carbonyl (C=O) groups excluding carboxylic acids is 1. The number of hydrogen-bond acceptors (Lipinski definition) is 4. The van der Waals surface area contributed by atoms with Crippen LogP contribution in [0, 0.1) is 5.82 Å². The van der Waals surface area contributed by atoms with Crippen molar-refractivity contribution >= 4 is 18.0 Å². The molecule has 0 spiro atoms. The van der Waals surface area contributed by atoms with E-state index in [9.17, 15) is 9.18 Å². The highest BCUT2D eigenvalue weighted by molar-refractivity contribution is 7.99. The Kier molecular flexibility index (Phi) is 3.00. The van der Waals surface area contributed by atoms with Crippen LogP contribution in [0.25, 0.3) is 0 Å². The van der Waals surface area contributed by atoms with Crippen molar-refractivity contribution in [1.82, 2.24) is 14.8 Å². The molecule has 0 unspecified atom stereocenters. The van der Waals surface area contributed by atoms with Gasteiger partial charge >= 0.3 is 0 Å². The molecule has 0 saturated carbocycles. The third-order valence-corrected chi connectivity index (χ3v) is 3.11. The number of hydrogen-bond donors (Lipinski definition) is 0. The first-order valence-electron chi connectivity index (χ1n) is 4.47. The minimum Gasteiger partial charge on any atom is -0.298 e. The summed E-state index contributed by atoms with van der Waals surface area (Å²) >= 11 is 1.27. The maximum atomic E-state index is 12.9. The van der Waals surface area contributed by atoms with Crippen LogP contribution in [0.4, 0.5) is 4.39 Å². The molecule has 0 radical (unpaired) electrons. The van der Waals surface area contributed by atoms with Crippen LogP contribution in [0.1, 0.15) is 10.4 Å². The summed E-state index contributed by atoms with van der Waals surface area (Å²) in [7, 11) is 1.75. The lowest BCUT2D eigenvalue weighted by molar-refractivity contribution is 0.112. The molecule has 0 atom stereocenters. The monoisotopic (exact) mass is 237 g/mol. The molecule has 4 nitrogen and oxygen atoms in total. The van der Waals surface area contributed by atoms with E-state index in [-0.39, 0.29) is 0 Å². The molecule has 82 valence electrons. The average Bonchev–Trinajstić information content (AvgIpc) is 2.67. The Labute approximate surface area is 95.5 Å². The number of nitrogens with zero attached hydrogens (tertiary/aromatic N) is 3. The second-order valence-electron chi connectivity index (χ2n) is 3.07. The van der Waals surface area contributed by atoms with Crippen molar-refractivity contribution < 1.29 is 9.18 Å². The second kappa shape index (κ2) is 4.44. The molecule has 1 aromatic carbocycles. The molecular formula is C10H8FN3OS. The maximum Gasteiger partial charge on any atom is 0.190 e. The van der Waals surface area contributed by atoms with E-state index in [0.29, 0.717) is 21.9 Å². The van der Waals surface area contributed by atoms with Gasteiger partial charge in [-0.15, -0.1) is 0 Å². The first kappa shape index (κ1) is 10.8. The third kappa shape index (κ3) is 2.11. The first-order valence-corrected chi connectivity index (χ1v) is 5.29. The molecule has 0 fully saturated rings. The van der Waals surface area contributed by atoms with Crippen LogP contribution in [0.15, 0.2) is 34.6 Å². The number of rotatable bonds is 3. The lowest BCUT2D eigenvalue weighted by atomic mass is 10.2. The van der Waals surface area contributed by atoms with Gasteiger partial charge in [-0.1, -0.05) is 0 Å². The number of aldehydes is 1. The Bertz CT molecular complexity index is 527. The van der Waals surface area contributed by atoms with E-state index in [4.69, 9.17) is 0 Å². The van der Waals surface area contributed by atoms with Gasteiger partial charge < -0.3 is 0 Å². The lowest BCUT2D eigenvalue weighted by Gasteiger charge is -2.03. The molecule has 0 aliphatic carbocycles. The topological polar surface area (TPSA) is 47.8 Å². The van der Waals surface area contributed by atoms with Crippen molar-refractivity contribution in [3.63, 3.8) is 0 Å². The average molecular weight is 237 g/mol. The summed E-state index contributed by atoms with van der Waals surface area (Å²) in [5.41, 5.74) is 0.313. The highest BCUT2D eigenvalue weighted by Gasteiger charge is 2.08. The summed E-state index contributed by atoms with van der Waals surface area (Å²) in [6, 6.07) is 4.07. The molecule has 0 bridgehead atoms. The largest absolute Gasteiger partial charge is 0.298 e. The van der Waals surface area contributed by atoms with Gasteiger partial charge in [0.05, 0.1) is 0 Å². The maximum absolute atomic E-state index is 12.9. The van der Waals surface area contributed by atoms with Crippen molar-refractivity contribution in [3.8, 4) is 0 Å². The first-order chi connectivity index (χ1) is 7.70. The fourth-order valence-corrected chi connectivity index (χ4v) is 2.02. The highest BCUT2D eigenvalue weighted by Crippen LogP contribution is 2.28. The van der Waals surface area contributed by atoms with E-state index in [2.05, 4.69) is 10.1 Å². The van der Waals surface area contributed by atoms with E-state index in [0.717, 1.165) is 0 Å². The van der Waals surface area contributed by atoms with E-state index in [1.807, 2.05) is 0 Å². The van der Waals surface area contributed by atoms with Crippen molar-refractivity contribution in [3.05, 3.63) is 35.9 Å². The fourth-order valence-electron chi connectivity index (χ4n) is 1.18. The number of carbonyl (C=O) groups is 1. The predicted molar refractivity (Wildman–Crippen MR) is 56.9 cm³/mol. The van der Waals surface area contributed by atoms with Gasteiger partial charge in [-0.3, -0.25) is 4.79 Å². The van der Waals surface area contributed by atoms with Gasteiger partial charge in [0.2, 0.25) is 0 Å². The Hall–Kier alpha value is -1.69. The SMILES string of the molecule is Cn1ncnc1Sc1ccc(F)cc1C=O. The van der Waals surface area contributed by atoms with Crippen LogP contribution in [0.3, 0.4) is 0 Å². The number of aryl methyl sites for hydroxylation is 1. The molecule has 0 aliphatic rings. The van der Waals surface area contributed by atoms with Gasteiger partial charge in [0.15, 0.2) is 11.4 Å². The molecular weight excluding hydrogens is 229 g/mol. The zero-order valence-electron chi connectivity index (χ0n) is 8.42. The second-order valence-corrected chi connectivity index (χ2v) is 4.08. The van der Waals surface area contributed by atoms with Crippen LogP contribution in [-0.4, -0.2) is 21.1 Å². The van der Waals surface area contributed by atoms with Gasteiger partial charge in [-0.2, -0.15) is 5.10 Å². The highest BCUT2D eigenvalue weighted by atomic mass is 32.2. The van der Waals surface area contributed by atoms with Crippen LogP contribution >= 0.6 is 11.8 Å². The van der Waals surface area contributed by atoms with Crippen LogP contribution in [0.5, 0.6) is 0 Å². The molecule has 2 rings (SSSR count). The lowest BCUT2D eigenvalue weighted by Crippen LogP contribution is -1.94. The molecule has 16 heavy (non-hydrogen) atoms. The number of aromatic nitrogens is 3. The van der Waals surface area contributed by atoms with Gasteiger partial charge in [-0.25, -0.2) is 14.1 Å². The molecule has 2 aromatic rings. The van der Waals surface area contributed by atoms with Gasteiger partial charge in [0, 0.05) is 17.5 Å². The zero-order valence-corrected chi connectivity index (χ0v) is 9.24. The molecule has 0 saturated heterocycles. The van der Waals surface area contributed by atoms with Crippen molar-refractivity contribution in [2.75, 3.05) is 0 Å². The van der Waals surface area contributed by atoms with Crippen molar-refractivity contribution in [1.29, 1.82) is 0 Å². The number of benzene rings is 1. The van der Waals surface area contributed by atoms with Crippen molar-refractivity contribution in [2.45, 2.75) is 10.1 Å². The standard InChI is InChI=1S/C10H8FN3OS/c1-14-10(12-6-13-14)16-9-3-2-8(11)4-7(9)5-15/h2-6H,1H3. The predicted octanol–water partition coefficient (Wildman–Crippen LogP) is 1.92. The molecule has 1 aromatic heterocycles. The molecule has 0 amide bonds. The van der Waals surface area contributed by atoms with Gasteiger partial charge in [-0.05, 0) is 30.0 Å². The summed E-state index contributed by atoms with van der Waals surface area (Å²) in [5, 5.41) is 4.56. The van der Waals surface area contributed by atoms with Crippen LogP contribution < -0.4 is 0 Å². The third-order valence-electron chi connectivity index (χ3n) is 1.97. The minimum atomic E-state index is -0.426.